The summed E-state index contributed by atoms with van der Waals surface area (Å²) in [4.78, 5) is 8.00. The predicted octanol–water partition coefficient (Wildman–Crippen LogP) is 1.09. The highest BCUT2D eigenvalue weighted by molar-refractivity contribution is 5.23. The number of aromatic nitrogens is 2. The molecule has 0 spiro atoms. The van der Waals surface area contributed by atoms with Crippen LogP contribution in [0.2, 0.25) is 0 Å². The van der Waals surface area contributed by atoms with Crippen molar-refractivity contribution in [1.29, 1.82) is 5.26 Å². The first-order valence-corrected chi connectivity index (χ1v) is 5.71. The molecule has 0 atom stereocenters. The van der Waals surface area contributed by atoms with E-state index in [-0.39, 0.29) is 6.01 Å². The molecule has 6 nitrogen and oxygen atoms in total. The second-order valence-electron chi connectivity index (χ2n) is 3.60. The molecule has 1 aromatic rings. The van der Waals surface area contributed by atoms with Crippen molar-refractivity contribution >= 4 is 0 Å². The standard InChI is InChI=1S/C12H17N3O3/c1-10-8-11(9-13)15-12(14-10)18-7-6-17-5-3-4-16-2/h8H,3-7H2,1-2H3. The van der Waals surface area contributed by atoms with Crippen molar-refractivity contribution in [3.05, 3.63) is 17.5 Å². The van der Waals surface area contributed by atoms with Gasteiger partial charge in [-0.3, -0.25) is 0 Å². The van der Waals surface area contributed by atoms with Gasteiger partial charge in [-0.1, -0.05) is 0 Å². The van der Waals surface area contributed by atoms with Crippen molar-refractivity contribution < 1.29 is 14.2 Å². The van der Waals surface area contributed by atoms with E-state index in [2.05, 4.69) is 9.97 Å². The monoisotopic (exact) mass is 251 g/mol. The molecule has 18 heavy (non-hydrogen) atoms. The first kappa shape index (κ1) is 14.4. The SMILES string of the molecule is COCCCOCCOc1nc(C)cc(C#N)n1. The van der Waals surface area contributed by atoms with Crippen LogP contribution >= 0.6 is 0 Å². The van der Waals surface area contributed by atoms with Crippen LogP contribution in [-0.2, 0) is 9.47 Å². The van der Waals surface area contributed by atoms with Crippen LogP contribution in [-0.4, -0.2) is 43.5 Å². The van der Waals surface area contributed by atoms with Crippen molar-refractivity contribution in [3.63, 3.8) is 0 Å². The first-order valence-electron chi connectivity index (χ1n) is 5.71. The second kappa shape index (κ2) is 8.39. The average Bonchev–Trinajstić information content (AvgIpc) is 2.37. The van der Waals surface area contributed by atoms with Gasteiger partial charge in [-0.2, -0.15) is 10.2 Å². The molecule has 0 fully saturated rings. The molecule has 0 saturated heterocycles. The van der Waals surface area contributed by atoms with Crippen molar-refractivity contribution in [3.8, 4) is 12.1 Å². The maximum absolute atomic E-state index is 8.75. The fourth-order valence-corrected chi connectivity index (χ4v) is 1.26. The number of rotatable bonds is 8. The maximum Gasteiger partial charge on any atom is 0.317 e. The van der Waals surface area contributed by atoms with Gasteiger partial charge in [0.2, 0.25) is 0 Å². The van der Waals surface area contributed by atoms with Gasteiger partial charge in [0.15, 0.2) is 0 Å². The number of aryl methyl sites for hydroxylation is 1. The number of nitrogens with zero attached hydrogens (tertiary/aromatic N) is 3. The molecule has 0 aliphatic carbocycles. The largest absolute Gasteiger partial charge is 0.461 e. The topological polar surface area (TPSA) is 77.3 Å². The molecular weight excluding hydrogens is 234 g/mol. The highest BCUT2D eigenvalue weighted by Crippen LogP contribution is 2.05. The number of methoxy groups -OCH3 is 1. The van der Waals surface area contributed by atoms with Crippen LogP contribution < -0.4 is 4.74 Å². The van der Waals surface area contributed by atoms with E-state index in [1.807, 2.05) is 6.07 Å². The summed E-state index contributed by atoms with van der Waals surface area (Å²) in [6, 6.07) is 3.78. The van der Waals surface area contributed by atoms with Gasteiger partial charge < -0.3 is 14.2 Å². The van der Waals surface area contributed by atoms with Crippen molar-refractivity contribution in [1.82, 2.24) is 9.97 Å². The van der Waals surface area contributed by atoms with E-state index in [1.54, 1.807) is 20.1 Å². The summed E-state index contributed by atoms with van der Waals surface area (Å²) < 4.78 is 15.5. The number of nitriles is 1. The number of hydrogen-bond donors (Lipinski definition) is 0. The lowest BCUT2D eigenvalue weighted by atomic mass is 10.3. The summed E-state index contributed by atoms with van der Waals surface area (Å²) in [7, 11) is 1.66. The third kappa shape index (κ3) is 5.57. The lowest BCUT2D eigenvalue weighted by molar-refractivity contribution is 0.0782. The van der Waals surface area contributed by atoms with E-state index in [0.717, 1.165) is 6.42 Å². The van der Waals surface area contributed by atoms with Gasteiger partial charge in [-0.15, -0.1) is 0 Å². The molecule has 0 saturated carbocycles. The van der Waals surface area contributed by atoms with E-state index >= 15 is 0 Å². The molecule has 1 aromatic heterocycles. The fraction of sp³-hybridized carbons (Fsp3) is 0.583. The van der Waals surface area contributed by atoms with Gasteiger partial charge >= 0.3 is 6.01 Å². The molecule has 0 aliphatic rings. The molecular formula is C12H17N3O3. The van der Waals surface area contributed by atoms with Crippen LogP contribution in [0.1, 0.15) is 17.8 Å². The normalized spacial score (nSPS) is 10.1. The summed E-state index contributed by atoms with van der Waals surface area (Å²) in [5.41, 5.74) is 1.01. The van der Waals surface area contributed by atoms with Gasteiger partial charge in [-0.25, -0.2) is 4.98 Å². The third-order valence-electron chi connectivity index (χ3n) is 2.04. The molecule has 0 bridgehead atoms. The smallest absolute Gasteiger partial charge is 0.317 e. The minimum absolute atomic E-state index is 0.215. The van der Waals surface area contributed by atoms with Crippen molar-refractivity contribution in [2.24, 2.45) is 0 Å². The van der Waals surface area contributed by atoms with E-state index in [4.69, 9.17) is 19.5 Å². The summed E-state index contributed by atoms with van der Waals surface area (Å²) in [5, 5.41) is 8.75. The van der Waals surface area contributed by atoms with E-state index in [9.17, 15) is 0 Å². The summed E-state index contributed by atoms with van der Waals surface area (Å²) in [6.07, 6.45) is 0.857. The minimum atomic E-state index is 0.215. The molecule has 6 heteroatoms. The Labute approximate surface area is 107 Å². The Bertz CT molecular complexity index is 404. The lowest BCUT2D eigenvalue weighted by Crippen LogP contribution is -2.10. The van der Waals surface area contributed by atoms with Crippen LogP contribution in [0.3, 0.4) is 0 Å². The zero-order chi connectivity index (χ0) is 13.2. The molecule has 1 rings (SSSR count). The summed E-state index contributed by atoms with van der Waals surface area (Å²) >= 11 is 0. The highest BCUT2D eigenvalue weighted by atomic mass is 16.5. The zero-order valence-electron chi connectivity index (χ0n) is 10.7. The number of hydrogen-bond acceptors (Lipinski definition) is 6. The van der Waals surface area contributed by atoms with Crippen LogP contribution in [0.4, 0.5) is 0 Å². The zero-order valence-corrected chi connectivity index (χ0v) is 10.7. The first-order chi connectivity index (χ1) is 8.76. The molecule has 0 aliphatic heterocycles. The lowest BCUT2D eigenvalue weighted by Gasteiger charge is -2.06. The Kier molecular flexibility index (Phi) is 6.69. The van der Waals surface area contributed by atoms with Crippen LogP contribution in [0.5, 0.6) is 6.01 Å². The van der Waals surface area contributed by atoms with Gasteiger partial charge in [0.05, 0.1) is 6.61 Å². The van der Waals surface area contributed by atoms with Crippen molar-refractivity contribution in [2.45, 2.75) is 13.3 Å². The summed E-state index contributed by atoms with van der Waals surface area (Å²) in [6.45, 7) is 3.93. The Morgan fingerprint density at radius 3 is 2.78 bits per heavy atom. The molecule has 0 amide bonds. The predicted molar refractivity (Wildman–Crippen MR) is 64.3 cm³/mol. The summed E-state index contributed by atoms with van der Waals surface area (Å²) in [5.74, 6) is 0. The van der Waals surface area contributed by atoms with Gasteiger partial charge in [-0.05, 0) is 19.4 Å². The minimum Gasteiger partial charge on any atom is -0.461 e. The average molecular weight is 251 g/mol. The highest BCUT2D eigenvalue weighted by Gasteiger charge is 2.02. The van der Waals surface area contributed by atoms with Gasteiger partial charge in [0.25, 0.3) is 0 Å². The second-order valence-corrected chi connectivity index (χ2v) is 3.60. The molecule has 98 valence electrons. The van der Waals surface area contributed by atoms with E-state index in [0.29, 0.717) is 37.8 Å². The third-order valence-corrected chi connectivity index (χ3v) is 2.04. The Morgan fingerprint density at radius 2 is 2.06 bits per heavy atom. The van der Waals surface area contributed by atoms with Crippen LogP contribution in [0.15, 0.2) is 6.07 Å². The maximum atomic E-state index is 8.75. The Hall–Kier alpha value is -1.71. The van der Waals surface area contributed by atoms with Gasteiger partial charge in [0.1, 0.15) is 18.4 Å². The molecule has 0 aromatic carbocycles. The van der Waals surface area contributed by atoms with Crippen LogP contribution in [0.25, 0.3) is 0 Å². The Morgan fingerprint density at radius 1 is 1.22 bits per heavy atom. The molecule has 0 N–H and O–H groups in total. The Balaban J connectivity index is 2.23. The molecule has 0 unspecified atom stereocenters. The van der Waals surface area contributed by atoms with E-state index < -0.39 is 0 Å². The molecule has 0 radical (unpaired) electrons. The number of ether oxygens (including phenoxy) is 3. The van der Waals surface area contributed by atoms with Gasteiger partial charge in [0, 0.05) is 26.0 Å². The van der Waals surface area contributed by atoms with Crippen molar-refractivity contribution in [2.75, 3.05) is 33.5 Å². The van der Waals surface area contributed by atoms with E-state index in [1.165, 1.54) is 0 Å². The van der Waals surface area contributed by atoms with Crippen LogP contribution in [0, 0.1) is 18.3 Å². The fourth-order valence-electron chi connectivity index (χ4n) is 1.26. The quantitative estimate of drug-likeness (QED) is 0.643. The molecule has 1 heterocycles.